The summed E-state index contributed by atoms with van der Waals surface area (Å²) >= 11 is 0. The molecule has 0 unspecified atom stereocenters. The molecular formula is C11H8NO. The lowest BCUT2D eigenvalue weighted by Gasteiger charge is -2.02. The van der Waals surface area contributed by atoms with Gasteiger partial charge in [-0.15, -0.1) is 0 Å². The Morgan fingerprint density at radius 2 is 2.08 bits per heavy atom. The zero-order chi connectivity index (χ0) is 9.10. The molecule has 2 rings (SSSR count). The molecule has 1 amide bonds. The van der Waals surface area contributed by atoms with Gasteiger partial charge in [0, 0.05) is 11.1 Å². The molecule has 13 heavy (non-hydrogen) atoms. The van der Waals surface area contributed by atoms with Gasteiger partial charge in [-0.1, -0.05) is 30.3 Å². The maximum atomic E-state index is 10.3. The van der Waals surface area contributed by atoms with Gasteiger partial charge in [-0.25, -0.2) is 0 Å². The van der Waals surface area contributed by atoms with Gasteiger partial charge in [-0.2, -0.15) is 0 Å². The molecule has 0 aromatic heterocycles. The van der Waals surface area contributed by atoms with Gasteiger partial charge in [0.05, 0.1) is 0 Å². The maximum absolute atomic E-state index is 10.3. The van der Waals surface area contributed by atoms with Crippen molar-refractivity contribution in [3.8, 4) is 0 Å². The van der Waals surface area contributed by atoms with Gasteiger partial charge >= 0.3 is 0 Å². The number of fused-ring (bicyclic) bond motifs is 1. The van der Waals surface area contributed by atoms with Crippen molar-refractivity contribution < 1.29 is 4.79 Å². The molecule has 2 heteroatoms. The normalized spacial score (nSPS) is 9.85. The summed E-state index contributed by atoms with van der Waals surface area (Å²) in [4.78, 5) is 10.3. The maximum Gasteiger partial charge on any atom is 0.211 e. The number of hydrogen-bond donors (Lipinski definition) is 1. The van der Waals surface area contributed by atoms with Crippen molar-refractivity contribution in [2.45, 2.75) is 0 Å². The SMILES string of the molecule is O=CNc1cc[c]c2ccccc12. The van der Waals surface area contributed by atoms with Gasteiger partial charge in [0.1, 0.15) is 0 Å². The molecule has 0 heterocycles. The minimum absolute atomic E-state index is 0.682. The molecule has 0 fully saturated rings. The van der Waals surface area contributed by atoms with Crippen LogP contribution in [0.15, 0.2) is 36.4 Å². The van der Waals surface area contributed by atoms with Crippen LogP contribution >= 0.6 is 0 Å². The lowest BCUT2D eigenvalue weighted by molar-refractivity contribution is -0.105. The Bertz CT molecular complexity index is 432. The first-order valence-electron chi connectivity index (χ1n) is 4.01. The Hall–Kier alpha value is -1.83. The van der Waals surface area contributed by atoms with E-state index in [1.54, 1.807) is 6.07 Å². The summed E-state index contributed by atoms with van der Waals surface area (Å²) in [6.07, 6.45) is 0.682. The predicted octanol–water partition coefficient (Wildman–Crippen LogP) is 2.21. The fraction of sp³-hybridized carbons (Fsp3) is 0. The van der Waals surface area contributed by atoms with E-state index in [1.807, 2.05) is 30.3 Å². The first-order valence-corrected chi connectivity index (χ1v) is 4.01. The van der Waals surface area contributed by atoms with Crippen LogP contribution in [-0.2, 0) is 4.79 Å². The van der Waals surface area contributed by atoms with E-state index in [-0.39, 0.29) is 0 Å². The quantitative estimate of drug-likeness (QED) is 0.688. The minimum atomic E-state index is 0.682. The molecule has 0 aliphatic rings. The highest BCUT2D eigenvalue weighted by atomic mass is 16.1. The smallest absolute Gasteiger partial charge is 0.211 e. The van der Waals surface area contributed by atoms with Crippen LogP contribution in [0.4, 0.5) is 5.69 Å². The minimum Gasteiger partial charge on any atom is -0.328 e. The summed E-state index contributed by atoms with van der Waals surface area (Å²) < 4.78 is 0. The van der Waals surface area contributed by atoms with E-state index in [0.29, 0.717) is 6.41 Å². The third-order valence-corrected chi connectivity index (χ3v) is 1.92. The molecule has 2 nitrogen and oxygen atoms in total. The van der Waals surface area contributed by atoms with Crippen molar-refractivity contribution in [1.82, 2.24) is 0 Å². The van der Waals surface area contributed by atoms with Crippen LogP contribution in [0, 0.1) is 6.07 Å². The summed E-state index contributed by atoms with van der Waals surface area (Å²) in [5.74, 6) is 0. The third kappa shape index (κ3) is 1.38. The second kappa shape index (κ2) is 3.27. The largest absolute Gasteiger partial charge is 0.328 e. The number of anilines is 1. The Balaban J connectivity index is 2.68. The molecule has 1 radical (unpaired) electrons. The highest BCUT2D eigenvalue weighted by molar-refractivity contribution is 5.96. The van der Waals surface area contributed by atoms with Gasteiger partial charge in [-0.05, 0) is 17.5 Å². The van der Waals surface area contributed by atoms with Crippen molar-refractivity contribution in [2.75, 3.05) is 5.32 Å². The summed E-state index contributed by atoms with van der Waals surface area (Å²) in [6.45, 7) is 0. The van der Waals surface area contributed by atoms with E-state index in [2.05, 4.69) is 11.4 Å². The van der Waals surface area contributed by atoms with Crippen LogP contribution in [0.5, 0.6) is 0 Å². The van der Waals surface area contributed by atoms with Crippen LogP contribution in [0.1, 0.15) is 0 Å². The van der Waals surface area contributed by atoms with Crippen molar-refractivity contribution in [1.29, 1.82) is 0 Å². The fourth-order valence-electron chi connectivity index (χ4n) is 1.34. The Morgan fingerprint density at radius 3 is 2.92 bits per heavy atom. The van der Waals surface area contributed by atoms with E-state index in [4.69, 9.17) is 0 Å². The average Bonchev–Trinajstić information content (AvgIpc) is 2.19. The summed E-state index contributed by atoms with van der Waals surface area (Å²) in [7, 11) is 0. The summed E-state index contributed by atoms with van der Waals surface area (Å²) in [5, 5.41) is 4.67. The van der Waals surface area contributed by atoms with E-state index in [9.17, 15) is 4.79 Å². The van der Waals surface area contributed by atoms with Crippen LogP contribution < -0.4 is 5.32 Å². The van der Waals surface area contributed by atoms with Crippen molar-refractivity contribution in [3.05, 3.63) is 42.5 Å². The number of amides is 1. The van der Waals surface area contributed by atoms with E-state index in [0.717, 1.165) is 16.5 Å². The molecule has 63 valence electrons. The number of nitrogens with one attached hydrogen (secondary N) is 1. The molecule has 0 aliphatic carbocycles. The monoisotopic (exact) mass is 170 g/mol. The summed E-state index contributed by atoms with van der Waals surface area (Å²) in [6, 6.07) is 14.5. The number of carbonyl (C=O) groups excluding carboxylic acids is 1. The molecule has 0 bridgehead atoms. The number of benzene rings is 2. The molecule has 0 atom stereocenters. The Kier molecular flexibility index (Phi) is 1.96. The molecule has 2 aromatic rings. The number of hydrogen-bond acceptors (Lipinski definition) is 1. The highest BCUT2D eigenvalue weighted by Crippen LogP contribution is 2.21. The standard InChI is InChI=1S/C11H8NO/c13-8-12-11-7-3-5-9-4-1-2-6-10(9)11/h1-4,6-8H,(H,12,13). The second-order valence-electron chi connectivity index (χ2n) is 2.70. The number of rotatable bonds is 2. The molecule has 0 aliphatic heterocycles. The zero-order valence-corrected chi connectivity index (χ0v) is 6.95. The zero-order valence-electron chi connectivity index (χ0n) is 6.95. The van der Waals surface area contributed by atoms with Gasteiger partial charge in [0.25, 0.3) is 0 Å². The van der Waals surface area contributed by atoms with Gasteiger partial charge in [0.15, 0.2) is 0 Å². The second-order valence-corrected chi connectivity index (χ2v) is 2.70. The molecular weight excluding hydrogens is 162 g/mol. The lowest BCUT2D eigenvalue weighted by Crippen LogP contribution is -1.93. The van der Waals surface area contributed by atoms with E-state index < -0.39 is 0 Å². The van der Waals surface area contributed by atoms with Gasteiger partial charge in [0.2, 0.25) is 6.41 Å². The molecule has 1 N–H and O–H groups in total. The Labute approximate surface area is 76.2 Å². The predicted molar refractivity (Wildman–Crippen MR) is 52.5 cm³/mol. The van der Waals surface area contributed by atoms with Crippen LogP contribution in [0.3, 0.4) is 0 Å². The van der Waals surface area contributed by atoms with E-state index >= 15 is 0 Å². The van der Waals surface area contributed by atoms with Crippen molar-refractivity contribution in [3.63, 3.8) is 0 Å². The molecule has 0 spiro atoms. The average molecular weight is 170 g/mol. The van der Waals surface area contributed by atoms with E-state index in [1.165, 1.54) is 0 Å². The third-order valence-electron chi connectivity index (χ3n) is 1.92. The van der Waals surface area contributed by atoms with Crippen LogP contribution in [0.25, 0.3) is 10.8 Å². The molecule has 0 saturated carbocycles. The van der Waals surface area contributed by atoms with Crippen LogP contribution in [-0.4, -0.2) is 6.41 Å². The van der Waals surface area contributed by atoms with Gasteiger partial charge in [-0.3, -0.25) is 4.79 Å². The number of carbonyl (C=O) groups is 1. The fourth-order valence-corrected chi connectivity index (χ4v) is 1.34. The first kappa shape index (κ1) is 7.80. The first-order chi connectivity index (χ1) is 6.42. The topological polar surface area (TPSA) is 29.1 Å². The summed E-state index contributed by atoms with van der Waals surface area (Å²) in [5.41, 5.74) is 0.823. The Morgan fingerprint density at radius 1 is 1.23 bits per heavy atom. The van der Waals surface area contributed by atoms with Gasteiger partial charge < -0.3 is 5.32 Å². The lowest BCUT2D eigenvalue weighted by atomic mass is 10.1. The van der Waals surface area contributed by atoms with Crippen LogP contribution in [0.2, 0.25) is 0 Å². The molecule has 0 saturated heterocycles. The highest BCUT2D eigenvalue weighted by Gasteiger charge is 1.97. The van der Waals surface area contributed by atoms with Crippen molar-refractivity contribution in [2.24, 2.45) is 0 Å². The molecule has 2 aromatic carbocycles. The van der Waals surface area contributed by atoms with Crippen molar-refractivity contribution >= 4 is 22.9 Å².